The number of nitrogens with one attached hydrogen (secondary N) is 2. The van der Waals surface area contributed by atoms with Crippen molar-refractivity contribution in [3.63, 3.8) is 0 Å². The lowest BCUT2D eigenvalue weighted by Crippen LogP contribution is -2.13. The quantitative estimate of drug-likeness (QED) is 0.761. The summed E-state index contributed by atoms with van der Waals surface area (Å²) >= 11 is 6.13. The molecule has 6 heteroatoms. The fourth-order valence-corrected chi connectivity index (χ4v) is 3.19. The molecule has 1 aliphatic heterocycles. The van der Waals surface area contributed by atoms with Gasteiger partial charge in [-0.3, -0.25) is 9.48 Å². The van der Waals surface area contributed by atoms with Crippen LogP contribution in [-0.4, -0.2) is 15.7 Å². The number of hydrogen-bond donors (Lipinski definition) is 2. The van der Waals surface area contributed by atoms with E-state index >= 15 is 0 Å². The second-order valence-electron chi connectivity index (χ2n) is 5.74. The Kier molecular flexibility index (Phi) is 3.32. The van der Waals surface area contributed by atoms with E-state index in [-0.39, 0.29) is 5.91 Å². The number of carbonyl (C=O) groups excluding carboxylic acids is 1. The van der Waals surface area contributed by atoms with Crippen molar-refractivity contribution in [1.82, 2.24) is 15.1 Å². The van der Waals surface area contributed by atoms with Gasteiger partial charge >= 0.3 is 0 Å². The molecule has 0 bridgehead atoms. The molecule has 3 aromatic rings. The third kappa shape index (κ3) is 2.58. The lowest BCUT2D eigenvalue weighted by Gasteiger charge is -2.08. The average molecular weight is 327 g/mol. The number of aryl methyl sites for hydroxylation is 1. The zero-order valence-corrected chi connectivity index (χ0v) is 13.3. The topological polar surface area (TPSA) is 59.0 Å². The predicted molar refractivity (Wildman–Crippen MR) is 90.7 cm³/mol. The molecular formula is C17H15ClN4O. The van der Waals surface area contributed by atoms with Crippen molar-refractivity contribution in [1.29, 1.82) is 0 Å². The van der Waals surface area contributed by atoms with Gasteiger partial charge in [0.15, 0.2) is 0 Å². The van der Waals surface area contributed by atoms with Crippen LogP contribution in [-0.2, 0) is 20.1 Å². The maximum atomic E-state index is 12.7. The molecule has 1 aliphatic rings. The summed E-state index contributed by atoms with van der Waals surface area (Å²) in [7, 11) is 1.82. The van der Waals surface area contributed by atoms with Gasteiger partial charge in [0.25, 0.3) is 5.91 Å². The molecule has 2 N–H and O–H groups in total. The van der Waals surface area contributed by atoms with Crippen molar-refractivity contribution in [2.75, 3.05) is 5.32 Å². The maximum Gasteiger partial charge on any atom is 0.257 e. The SMILES string of the molecule is Cn1cc2cc(Cl)cc(C(=O)Nc3ccc4c(c3)CNC4)c2n1. The summed E-state index contributed by atoms with van der Waals surface area (Å²) in [6.07, 6.45) is 1.85. The molecule has 2 heterocycles. The summed E-state index contributed by atoms with van der Waals surface area (Å²) in [5.41, 5.74) is 4.40. The number of rotatable bonds is 2. The highest BCUT2D eigenvalue weighted by molar-refractivity contribution is 6.32. The van der Waals surface area contributed by atoms with Crippen LogP contribution in [0, 0.1) is 0 Å². The largest absolute Gasteiger partial charge is 0.322 e. The van der Waals surface area contributed by atoms with Gasteiger partial charge < -0.3 is 10.6 Å². The van der Waals surface area contributed by atoms with Crippen LogP contribution in [0.25, 0.3) is 10.9 Å². The molecule has 4 rings (SSSR count). The molecule has 116 valence electrons. The van der Waals surface area contributed by atoms with Crippen LogP contribution in [0.1, 0.15) is 21.5 Å². The molecule has 0 atom stereocenters. The highest BCUT2D eigenvalue weighted by Crippen LogP contribution is 2.25. The fraction of sp³-hybridized carbons (Fsp3) is 0.176. The van der Waals surface area contributed by atoms with Gasteiger partial charge in [-0.05, 0) is 35.4 Å². The van der Waals surface area contributed by atoms with E-state index in [1.54, 1.807) is 10.7 Å². The highest BCUT2D eigenvalue weighted by Gasteiger charge is 2.16. The maximum absolute atomic E-state index is 12.7. The van der Waals surface area contributed by atoms with Gasteiger partial charge in [0.05, 0.1) is 5.56 Å². The monoisotopic (exact) mass is 326 g/mol. The number of carbonyl (C=O) groups is 1. The molecule has 23 heavy (non-hydrogen) atoms. The third-order valence-corrected chi connectivity index (χ3v) is 4.25. The molecule has 2 aromatic carbocycles. The molecule has 0 aliphatic carbocycles. The number of halogens is 1. The fourth-order valence-electron chi connectivity index (χ4n) is 2.96. The number of anilines is 1. The van der Waals surface area contributed by atoms with Crippen LogP contribution >= 0.6 is 11.6 Å². The summed E-state index contributed by atoms with van der Waals surface area (Å²) in [5, 5.41) is 12.0. The Morgan fingerprint density at radius 1 is 1.26 bits per heavy atom. The number of nitrogens with zero attached hydrogens (tertiary/aromatic N) is 2. The molecule has 5 nitrogen and oxygen atoms in total. The van der Waals surface area contributed by atoms with Crippen molar-refractivity contribution in [3.05, 3.63) is 58.2 Å². The van der Waals surface area contributed by atoms with E-state index < -0.39 is 0 Å². The molecular weight excluding hydrogens is 312 g/mol. The Morgan fingerprint density at radius 3 is 2.96 bits per heavy atom. The minimum atomic E-state index is -0.206. The van der Waals surface area contributed by atoms with Crippen LogP contribution < -0.4 is 10.6 Å². The van der Waals surface area contributed by atoms with E-state index in [0.717, 1.165) is 24.2 Å². The molecule has 0 fully saturated rings. The first-order valence-electron chi connectivity index (χ1n) is 7.37. The Hall–Kier alpha value is -2.37. The molecule has 1 amide bonds. The Labute approximate surface area is 138 Å². The molecule has 0 radical (unpaired) electrons. The number of amides is 1. The molecule has 1 aromatic heterocycles. The normalized spacial score (nSPS) is 13.3. The first-order valence-corrected chi connectivity index (χ1v) is 7.75. The van der Waals surface area contributed by atoms with Crippen LogP contribution in [0.15, 0.2) is 36.5 Å². The summed E-state index contributed by atoms with van der Waals surface area (Å²) in [6.45, 7) is 1.72. The van der Waals surface area contributed by atoms with E-state index in [2.05, 4.69) is 15.7 Å². The lowest BCUT2D eigenvalue weighted by molar-refractivity contribution is 0.102. The number of hydrogen-bond acceptors (Lipinski definition) is 3. The first kappa shape index (κ1) is 14.2. The minimum absolute atomic E-state index is 0.206. The molecule has 0 spiro atoms. The van der Waals surface area contributed by atoms with E-state index in [1.165, 1.54) is 11.1 Å². The molecule has 0 unspecified atom stereocenters. The van der Waals surface area contributed by atoms with Crippen molar-refractivity contribution >= 4 is 34.1 Å². The van der Waals surface area contributed by atoms with E-state index in [9.17, 15) is 4.79 Å². The van der Waals surface area contributed by atoms with Crippen molar-refractivity contribution < 1.29 is 4.79 Å². The third-order valence-electron chi connectivity index (χ3n) is 4.03. The van der Waals surface area contributed by atoms with Gasteiger partial charge in [0.1, 0.15) is 5.52 Å². The summed E-state index contributed by atoms with van der Waals surface area (Å²) in [4.78, 5) is 12.7. The Morgan fingerprint density at radius 2 is 2.09 bits per heavy atom. The van der Waals surface area contributed by atoms with Gasteiger partial charge in [-0.15, -0.1) is 0 Å². The van der Waals surface area contributed by atoms with E-state index in [1.807, 2.05) is 37.5 Å². The van der Waals surface area contributed by atoms with Crippen LogP contribution in [0.3, 0.4) is 0 Å². The van der Waals surface area contributed by atoms with Gasteiger partial charge in [-0.1, -0.05) is 17.7 Å². The number of fused-ring (bicyclic) bond motifs is 2. The van der Waals surface area contributed by atoms with Gasteiger partial charge in [0, 0.05) is 42.4 Å². The summed E-state index contributed by atoms with van der Waals surface area (Å²) in [6, 6.07) is 9.43. The first-order chi connectivity index (χ1) is 11.1. The van der Waals surface area contributed by atoms with Crippen molar-refractivity contribution in [2.45, 2.75) is 13.1 Å². The Bertz CT molecular complexity index is 932. The van der Waals surface area contributed by atoms with Crippen LogP contribution in [0.4, 0.5) is 5.69 Å². The zero-order valence-electron chi connectivity index (χ0n) is 12.6. The van der Waals surface area contributed by atoms with Crippen molar-refractivity contribution in [2.24, 2.45) is 7.05 Å². The summed E-state index contributed by atoms with van der Waals surface area (Å²) in [5.74, 6) is -0.206. The standard InChI is InChI=1S/C17H15ClN4O/c1-22-9-12-4-13(18)6-15(16(12)21-22)17(23)20-14-3-2-10-7-19-8-11(10)5-14/h2-6,9,19H,7-8H2,1H3,(H,20,23). The smallest absolute Gasteiger partial charge is 0.257 e. The lowest BCUT2D eigenvalue weighted by atomic mass is 10.1. The predicted octanol–water partition coefficient (Wildman–Crippen LogP) is 3.08. The number of benzene rings is 2. The number of aromatic nitrogens is 2. The van der Waals surface area contributed by atoms with E-state index in [0.29, 0.717) is 16.1 Å². The van der Waals surface area contributed by atoms with Crippen molar-refractivity contribution in [3.8, 4) is 0 Å². The second kappa shape index (κ2) is 5.37. The zero-order chi connectivity index (χ0) is 16.0. The van der Waals surface area contributed by atoms with Crippen LogP contribution in [0.2, 0.25) is 5.02 Å². The average Bonchev–Trinajstić information content (AvgIpc) is 3.10. The van der Waals surface area contributed by atoms with Gasteiger partial charge in [-0.25, -0.2) is 0 Å². The summed E-state index contributed by atoms with van der Waals surface area (Å²) < 4.78 is 1.68. The van der Waals surface area contributed by atoms with Gasteiger partial charge in [-0.2, -0.15) is 5.10 Å². The van der Waals surface area contributed by atoms with E-state index in [4.69, 9.17) is 11.6 Å². The Balaban J connectivity index is 1.69. The second-order valence-corrected chi connectivity index (χ2v) is 6.17. The van der Waals surface area contributed by atoms with Gasteiger partial charge in [0.2, 0.25) is 0 Å². The van der Waals surface area contributed by atoms with Crippen LogP contribution in [0.5, 0.6) is 0 Å². The molecule has 0 saturated heterocycles. The molecule has 0 saturated carbocycles. The highest BCUT2D eigenvalue weighted by atomic mass is 35.5. The minimum Gasteiger partial charge on any atom is -0.322 e.